The second-order valence-electron chi connectivity index (χ2n) is 3.65. The molecule has 0 saturated carbocycles. The van der Waals surface area contributed by atoms with Crippen molar-refractivity contribution >= 4 is 11.3 Å². The van der Waals surface area contributed by atoms with Crippen molar-refractivity contribution in [3.05, 3.63) is 60.5 Å². The summed E-state index contributed by atoms with van der Waals surface area (Å²) < 4.78 is 0. The fourth-order valence-electron chi connectivity index (χ4n) is 1.78. The summed E-state index contributed by atoms with van der Waals surface area (Å²) in [6.07, 6.45) is 7.37. The first-order chi connectivity index (χ1) is 8.45. The Bertz CT molecular complexity index is 548. The summed E-state index contributed by atoms with van der Waals surface area (Å²) in [7, 11) is 0. The second-order valence-corrected chi connectivity index (χ2v) is 4.56. The maximum Gasteiger partial charge on any atom is 0.0437 e. The van der Waals surface area contributed by atoms with E-state index in [4.69, 9.17) is 0 Å². The molecule has 3 rings (SSSR count). The molecule has 3 heterocycles. The maximum atomic E-state index is 4.17. The van der Waals surface area contributed by atoms with E-state index >= 15 is 0 Å². The molecule has 0 unspecified atom stereocenters. The summed E-state index contributed by atoms with van der Waals surface area (Å²) in [5.74, 6) is 0. The van der Waals surface area contributed by atoms with Gasteiger partial charge in [-0.2, -0.15) is 0 Å². The minimum atomic E-state index is 1.15. The number of hydrogen-bond acceptors (Lipinski definition) is 3. The number of nitrogens with zero attached hydrogens (tertiary/aromatic N) is 2. The molecular weight excluding hydrogens is 228 g/mol. The van der Waals surface area contributed by atoms with E-state index in [-0.39, 0.29) is 0 Å². The highest BCUT2D eigenvalue weighted by Gasteiger charge is 2.08. The van der Waals surface area contributed by atoms with E-state index in [1.54, 1.807) is 23.7 Å². The summed E-state index contributed by atoms with van der Waals surface area (Å²) in [4.78, 5) is 9.57. The third-order valence-corrected chi connectivity index (χ3v) is 3.52. The summed E-state index contributed by atoms with van der Waals surface area (Å²) in [5, 5.41) is 2.10. The van der Waals surface area contributed by atoms with Crippen molar-refractivity contribution in [2.75, 3.05) is 0 Å². The smallest absolute Gasteiger partial charge is 0.0437 e. The maximum absolute atomic E-state index is 4.17. The van der Waals surface area contributed by atoms with Gasteiger partial charge in [-0.1, -0.05) is 12.1 Å². The molecule has 0 aliphatic carbocycles. The Kier molecular flexibility index (Phi) is 2.68. The van der Waals surface area contributed by atoms with Crippen molar-refractivity contribution < 1.29 is 0 Å². The van der Waals surface area contributed by atoms with Crippen molar-refractivity contribution in [1.29, 1.82) is 0 Å². The standard InChI is InChI=1S/C14H10N2S/c1-3-11(9-15-6-1)13-5-8-17-14(13)12-4-2-7-16-10-12/h1-10H. The van der Waals surface area contributed by atoms with E-state index in [0.29, 0.717) is 0 Å². The number of pyridine rings is 2. The van der Waals surface area contributed by atoms with E-state index < -0.39 is 0 Å². The quantitative estimate of drug-likeness (QED) is 0.677. The van der Waals surface area contributed by atoms with Gasteiger partial charge in [-0.25, -0.2) is 0 Å². The second kappa shape index (κ2) is 4.47. The van der Waals surface area contributed by atoms with Crippen molar-refractivity contribution in [1.82, 2.24) is 9.97 Å². The van der Waals surface area contributed by atoms with E-state index in [2.05, 4.69) is 33.5 Å². The lowest BCUT2D eigenvalue weighted by Gasteiger charge is -2.03. The predicted molar refractivity (Wildman–Crippen MR) is 70.8 cm³/mol. The summed E-state index contributed by atoms with van der Waals surface area (Å²) in [6.45, 7) is 0. The lowest BCUT2D eigenvalue weighted by atomic mass is 10.1. The fourth-order valence-corrected chi connectivity index (χ4v) is 2.69. The van der Waals surface area contributed by atoms with Crippen LogP contribution < -0.4 is 0 Å². The van der Waals surface area contributed by atoms with Crippen LogP contribution in [0, 0.1) is 0 Å². The molecule has 3 heteroatoms. The predicted octanol–water partition coefficient (Wildman–Crippen LogP) is 3.87. The highest BCUT2D eigenvalue weighted by atomic mass is 32.1. The van der Waals surface area contributed by atoms with Gasteiger partial charge in [0, 0.05) is 46.4 Å². The normalized spacial score (nSPS) is 10.4. The van der Waals surface area contributed by atoms with Crippen LogP contribution in [0.2, 0.25) is 0 Å². The molecule has 0 atom stereocenters. The van der Waals surface area contributed by atoms with Crippen molar-refractivity contribution in [2.24, 2.45) is 0 Å². The van der Waals surface area contributed by atoms with Gasteiger partial charge in [0.25, 0.3) is 0 Å². The molecule has 2 nitrogen and oxygen atoms in total. The summed E-state index contributed by atoms with van der Waals surface area (Å²) in [5.41, 5.74) is 3.52. The van der Waals surface area contributed by atoms with E-state index in [1.807, 2.05) is 24.5 Å². The molecule has 82 valence electrons. The number of thiophene rings is 1. The third kappa shape index (κ3) is 1.97. The highest BCUT2D eigenvalue weighted by Crippen LogP contribution is 2.35. The Morgan fingerprint density at radius 1 is 0.824 bits per heavy atom. The molecule has 0 saturated heterocycles. The molecule has 0 aromatic carbocycles. The fraction of sp³-hybridized carbons (Fsp3) is 0. The zero-order chi connectivity index (χ0) is 11.5. The first-order valence-electron chi connectivity index (χ1n) is 5.33. The molecule has 0 amide bonds. The first-order valence-corrected chi connectivity index (χ1v) is 6.21. The zero-order valence-electron chi connectivity index (χ0n) is 9.08. The van der Waals surface area contributed by atoms with Crippen LogP contribution >= 0.6 is 11.3 Å². The molecule has 0 aliphatic heterocycles. The van der Waals surface area contributed by atoms with Gasteiger partial charge in [0.15, 0.2) is 0 Å². The SMILES string of the molecule is c1cncc(-c2ccsc2-c2cccnc2)c1. The van der Waals surface area contributed by atoms with Crippen molar-refractivity contribution in [3.8, 4) is 21.6 Å². The highest BCUT2D eigenvalue weighted by molar-refractivity contribution is 7.14. The summed E-state index contributed by atoms with van der Waals surface area (Å²) in [6, 6.07) is 10.2. The molecule has 0 spiro atoms. The molecule has 3 aromatic heterocycles. The topological polar surface area (TPSA) is 25.8 Å². The largest absolute Gasteiger partial charge is 0.264 e. The zero-order valence-corrected chi connectivity index (χ0v) is 9.89. The minimum Gasteiger partial charge on any atom is -0.264 e. The van der Waals surface area contributed by atoms with Crippen LogP contribution in [0.25, 0.3) is 21.6 Å². The van der Waals surface area contributed by atoms with E-state index in [9.17, 15) is 0 Å². The van der Waals surface area contributed by atoms with Crippen LogP contribution in [0.15, 0.2) is 60.5 Å². The number of aromatic nitrogens is 2. The molecule has 0 N–H and O–H groups in total. The lowest BCUT2D eigenvalue weighted by Crippen LogP contribution is -1.80. The van der Waals surface area contributed by atoms with Gasteiger partial charge in [0.2, 0.25) is 0 Å². The summed E-state index contributed by atoms with van der Waals surface area (Å²) >= 11 is 1.73. The molecule has 0 bridgehead atoms. The molecule has 17 heavy (non-hydrogen) atoms. The van der Waals surface area contributed by atoms with Gasteiger partial charge < -0.3 is 0 Å². The van der Waals surface area contributed by atoms with Gasteiger partial charge in [0.1, 0.15) is 0 Å². The van der Waals surface area contributed by atoms with E-state index in [0.717, 1.165) is 11.1 Å². The van der Waals surface area contributed by atoms with Crippen LogP contribution in [-0.2, 0) is 0 Å². The van der Waals surface area contributed by atoms with Crippen LogP contribution in [0.3, 0.4) is 0 Å². The average Bonchev–Trinajstić information content (AvgIpc) is 2.90. The van der Waals surface area contributed by atoms with E-state index in [1.165, 1.54) is 10.4 Å². The van der Waals surface area contributed by atoms with Gasteiger partial charge >= 0.3 is 0 Å². The van der Waals surface area contributed by atoms with Crippen molar-refractivity contribution in [2.45, 2.75) is 0 Å². The Labute approximate surface area is 104 Å². The van der Waals surface area contributed by atoms with Crippen molar-refractivity contribution in [3.63, 3.8) is 0 Å². The van der Waals surface area contributed by atoms with Crippen LogP contribution in [0.1, 0.15) is 0 Å². The Morgan fingerprint density at radius 3 is 2.18 bits per heavy atom. The van der Waals surface area contributed by atoms with Gasteiger partial charge in [0.05, 0.1) is 0 Å². The molecule has 0 aliphatic rings. The van der Waals surface area contributed by atoms with Crippen LogP contribution in [0.4, 0.5) is 0 Å². The molecule has 3 aromatic rings. The average molecular weight is 238 g/mol. The lowest BCUT2D eigenvalue weighted by molar-refractivity contribution is 1.32. The third-order valence-electron chi connectivity index (χ3n) is 2.56. The van der Waals surface area contributed by atoms with Crippen LogP contribution in [0.5, 0.6) is 0 Å². The Balaban J connectivity index is 2.13. The monoisotopic (exact) mass is 238 g/mol. The molecule has 0 radical (unpaired) electrons. The first kappa shape index (κ1) is 10.2. The van der Waals surface area contributed by atoms with Gasteiger partial charge in [-0.05, 0) is 23.6 Å². The molecular formula is C14H10N2S. The van der Waals surface area contributed by atoms with Gasteiger partial charge in [-0.15, -0.1) is 11.3 Å². The number of rotatable bonds is 2. The van der Waals surface area contributed by atoms with Gasteiger partial charge in [-0.3, -0.25) is 9.97 Å². The van der Waals surface area contributed by atoms with Crippen LogP contribution in [-0.4, -0.2) is 9.97 Å². The number of hydrogen-bond donors (Lipinski definition) is 0. The molecule has 0 fully saturated rings. The Morgan fingerprint density at radius 2 is 1.53 bits per heavy atom. The Hall–Kier alpha value is -2.00. The minimum absolute atomic E-state index is 1.15.